The van der Waals surface area contributed by atoms with Gasteiger partial charge in [-0.05, 0) is 49.8 Å². The van der Waals surface area contributed by atoms with Crippen molar-refractivity contribution >= 4 is 39.2 Å². The van der Waals surface area contributed by atoms with Gasteiger partial charge in [0, 0.05) is 4.88 Å². The van der Waals surface area contributed by atoms with Gasteiger partial charge in [0.1, 0.15) is 11.5 Å². The molecular formula is C22H23N3O4S. The lowest BCUT2D eigenvalue weighted by atomic mass is 9.88. The summed E-state index contributed by atoms with van der Waals surface area (Å²) in [5, 5.41) is 3.36. The molecule has 1 atom stereocenters. The van der Waals surface area contributed by atoms with Crippen LogP contribution in [0.1, 0.15) is 41.1 Å². The summed E-state index contributed by atoms with van der Waals surface area (Å²) in [5.74, 6) is -0.242. The van der Waals surface area contributed by atoms with E-state index in [0.29, 0.717) is 27.5 Å². The number of esters is 1. The van der Waals surface area contributed by atoms with E-state index < -0.39 is 5.97 Å². The molecule has 0 aliphatic heterocycles. The van der Waals surface area contributed by atoms with Crippen molar-refractivity contribution < 1.29 is 14.3 Å². The third-order valence-corrected chi connectivity index (χ3v) is 6.47. The van der Waals surface area contributed by atoms with E-state index in [2.05, 4.69) is 17.2 Å². The van der Waals surface area contributed by atoms with E-state index in [1.165, 1.54) is 22.1 Å². The minimum Gasteiger partial charge on any atom is -0.462 e. The minimum absolute atomic E-state index is 0.164. The van der Waals surface area contributed by atoms with E-state index in [0.717, 1.165) is 29.7 Å². The molecule has 156 valence electrons. The molecule has 0 unspecified atom stereocenters. The molecule has 30 heavy (non-hydrogen) atoms. The first-order chi connectivity index (χ1) is 14.5. The van der Waals surface area contributed by atoms with Crippen molar-refractivity contribution in [1.29, 1.82) is 0 Å². The monoisotopic (exact) mass is 425 g/mol. The van der Waals surface area contributed by atoms with Crippen LogP contribution in [0.2, 0.25) is 0 Å². The molecule has 3 aromatic rings. The Morgan fingerprint density at radius 1 is 1.33 bits per heavy atom. The molecule has 1 aromatic carbocycles. The number of ether oxygens (including phenoxy) is 1. The fourth-order valence-corrected chi connectivity index (χ4v) is 5.26. The van der Waals surface area contributed by atoms with E-state index in [1.54, 1.807) is 25.1 Å². The third kappa shape index (κ3) is 3.87. The highest BCUT2D eigenvalue weighted by atomic mass is 32.1. The van der Waals surface area contributed by atoms with Crippen LogP contribution in [0.3, 0.4) is 0 Å². The number of aromatic nitrogens is 2. The Morgan fingerprint density at radius 2 is 2.13 bits per heavy atom. The van der Waals surface area contributed by atoms with Gasteiger partial charge in [-0.3, -0.25) is 14.2 Å². The number of rotatable bonds is 5. The second kappa shape index (κ2) is 8.39. The number of benzene rings is 1. The molecular weight excluding hydrogens is 402 g/mol. The van der Waals surface area contributed by atoms with Crippen molar-refractivity contribution in [2.24, 2.45) is 5.92 Å². The number of para-hydroxylation sites is 2. The van der Waals surface area contributed by atoms with Gasteiger partial charge < -0.3 is 10.1 Å². The van der Waals surface area contributed by atoms with E-state index in [1.807, 2.05) is 6.07 Å². The lowest BCUT2D eigenvalue weighted by Gasteiger charge is -2.18. The van der Waals surface area contributed by atoms with Crippen LogP contribution in [0, 0.1) is 5.92 Å². The molecule has 0 saturated carbocycles. The van der Waals surface area contributed by atoms with Gasteiger partial charge >= 0.3 is 5.97 Å². The summed E-state index contributed by atoms with van der Waals surface area (Å²) in [5.41, 5.74) is 2.32. The zero-order valence-corrected chi connectivity index (χ0v) is 17.8. The van der Waals surface area contributed by atoms with Crippen molar-refractivity contribution in [2.45, 2.75) is 39.7 Å². The highest BCUT2D eigenvalue weighted by Gasteiger charge is 2.29. The molecule has 4 rings (SSSR count). The predicted octanol–water partition coefficient (Wildman–Crippen LogP) is 3.40. The fourth-order valence-electron chi connectivity index (χ4n) is 3.85. The average Bonchev–Trinajstić information content (AvgIpc) is 3.07. The van der Waals surface area contributed by atoms with Crippen LogP contribution in [0.15, 0.2) is 35.3 Å². The summed E-state index contributed by atoms with van der Waals surface area (Å²) in [6.07, 6.45) is 3.90. The maximum Gasteiger partial charge on any atom is 0.341 e. The summed E-state index contributed by atoms with van der Waals surface area (Å²) >= 11 is 1.43. The van der Waals surface area contributed by atoms with Crippen LogP contribution in [0.4, 0.5) is 5.00 Å². The molecule has 1 amide bonds. The number of carbonyl (C=O) groups is 2. The van der Waals surface area contributed by atoms with Crippen molar-refractivity contribution in [3.8, 4) is 0 Å². The molecule has 8 heteroatoms. The average molecular weight is 426 g/mol. The van der Waals surface area contributed by atoms with Gasteiger partial charge in [-0.25, -0.2) is 9.78 Å². The highest BCUT2D eigenvalue weighted by molar-refractivity contribution is 7.17. The van der Waals surface area contributed by atoms with Gasteiger partial charge in [-0.1, -0.05) is 19.1 Å². The third-order valence-electron chi connectivity index (χ3n) is 5.30. The maximum absolute atomic E-state index is 12.9. The maximum atomic E-state index is 12.9. The molecule has 2 heterocycles. The summed E-state index contributed by atoms with van der Waals surface area (Å²) in [7, 11) is 0. The Kier molecular flexibility index (Phi) is 5.67. The summed E-state index contributed by atoms with van der Waals surface area (Å²) in [6.45, 7) is 4.05. The zero-order chi connectivity index (χ0) is 21.3. The van der Waals surface area contributed by atoms with E-state index in [9.17, 15) is 14.4 Å². The molecule has 7 nitrogen and oxygen atoms in total. The number of hydrogen-bond donors (Lipinski definition) is 1. The predicted molar refractivity (Wildman–Crippen MR) is 116 cm³/mol. The van der Waals surface area contributed by atoms with Crippen LogP contribution in [0.5, 0.6) is 0 Å². The quantitative estimate of drug-likeness (QED) is 0.633. The number of nitrogens with zero attached hydrogens (tertiary/aromatic N) is 2. The number of thiophene rings is 1. The molecule has 0 spiro atoms. The van der Waals surface area contributed by atoms with Gasteiger partial charge in [0.05, 0.1) is 29.4 Å². The van der Waals surface area contributed by atoms with E-state index in [4.69, 9.17) is 4.74 Å². The fraction of sp³-hybridized carbons (Fsp3) is 0.364. The zero-order valence-electron chi connectivity index (χ0n) is 16.9. The normalized spacial score (nSPS) is 15.6. The Bertz CT molecular complexity index is 1180. The SMILES string of the molecule is CCOC(=O)c1c(NC(=O)Cn2c(=O)cnc3ccccc32)sc2c1CC[C@@H](C)C2. The number of nitrogens with one attached hydrogen (secondary N) is 1. The number of carbonyl (C=O) groups excluding carboxylic acids is 2. The molecule has 0 bridgehead atoms. The summed E-state index contributed by atoms with van der Waals surface area (Å²) in [4.78, 5) is 43.0. The number of fused-ring (bicyclic) bond motifs is 2. The minimum atomic E-state index is -0.411. The first-order valence-corrected chi connectivity index (χ1v) is 10.9. The molecule has 0 fully saturated rings. The van der Waals surface area contributed by atoms with Crippen molar-refractivity contribution in [3.05, 3.63) is 56.8 Å². The molecule has 1 N–H and O–H groups in total. The van der Waals surface area contributed by atoms with Crippen LogP contribution in [-0.2, 0) is 28.9 Å². The van der Waals surface area contributed by atoms with Gasteiger partial charge in [-0.15, -0.1) is 11.3 Å². The van der Waals surface area contributed by atoms with Crippen molar-refractivity contribution in [3.63, 3.8) is 0 Å². The highest BCUT2D eigenvalue weighted by Crippen LogP contribution is 2.40. The van der Waals surface area contributed by atoms with Crippen molar-refractivity contribution in [2.75, 3.05) is 11.9 Å². The second-order valence-corrected chi connectivity index (χ2v) is 8.60. The van der Waals surface area contributed by atoms with E-state index >= 15 is 0 Å². The lowest BCUT2D eigenvalue weighted by Crippen LogP contribution is -2.28. The molecule has 1 aliphatic rings. The van der Waals surface area contributed by atoms with Crippen molar-refractivity contribution in [1.82, 2.24) is 9.55 Å². The van der Waals surface area contributed by atoms with Crippen LogP contribution >= 0.6 is 11.3 Å². The largest absolute Gasteiger partial charge is 0.462 e. The van der Waals surface area contributed by atoms with Crippen LogP contribution in [-0.4, -0.2) is 28.0 Å². The number of anilines is 1. The standard InChI is InChI=1S/C22H23N3O4S/c1-3-29-22(28)20-14-9-8-13(2)10-17(14)30-21(20)24-18(26)12-25-16-7-5-4-6-15(16)23-11-19(25)27/h4-7,11,13H,3,8-10,12H2,1-2H3,(H,24,26)/t13-/m1/s1. The molecule has 2 aromatic heterocycles. The Morgan fingerprint density at radius 3 is 2.93 bits per heavy atom. The Hall–Kier alpha value is -3.00. The van der Waals surface area contributed by atoms with Gasteiger partial charge in [0.2, 0.25) is 5.91 Å². The molecule has 0 saturated heterocycles. The summed E-state index contributed by atoms with van der Waals surface area (Å²) in [6, 6.07) is 7.17. The van der Waals surface area contributed by atoms with Crippen LogP contribution in [0.25, 0.3) is 11.0 Å². The number of amides is 1. The van der Waals surface area contributed by atoms with Crippen LogP contribution < -0.4 is 10.9 Å². The Balaban J connectivity index is 1.65. The molecule has 1 aliphatic carbocycles. The van der Waals surface area contributed by atoms with Gasteiger partial charge in [-0.2, -0.15) is 0 Å². The second-order valence-electron chi connectivity index (χ2n) is 7.50. The summed E-state index contributed by atoms with van der Waals surface area (Å²) < 4.78 is 6.64. The smallest absolute Gasteiger partial charge is 0.341 e. The van der Waals surface area contributed by atoms with Gasteiger partial charge in [0.25, 0.3) is 5.56 Å². The first kappa shape index (κ1) is 20.3. The van der Waals surface area contributed by atoms with E-state index in [-0.39, 0.29) is 24.6 Å². The topological polar surface area (TPSA) is 90.3 Å². The lowest BCUT2D eigenvalue weighted by molar-refractivity contribution is -0.116. The number of hydrogen-bond acceptors (Lipinski definition) is 6. The first-order valence-electron chi connectivity index (χ1n) is 10.0. The molecule has 0 radical (unpaired) electrons. The Labute approximate surface area is 177 Å². The van der Waals surface area contributed by atoms with Gasteiger partial charge in [0.15, 0.2) is 0 Å².